The van der Waals surface area contributed by atoms with Gasteiger partial charge in [0, 0.05) is 18.4 Å². The number of amides is 1. The van der Waals surface area contributed by atoms with Crippen molar-refractivity contribution >= 4 is 33.1 Å². The highest BCUT2D eigenvalue weighted by atomic mass is 32.2. The molecule has 0 aliphatic carbocycles. The van der Waals surface area contributed by atoms with Gasteiger partial charge in [-0.2, -0.15) is 0 Å². The highest BCUT2D eigenvalue weighted by molar-refractivity contribution is 7.92. The van der Waals surface area contributed by atoms with Gasteiger partial charge in [-0.3, -0.25) is 13.9 Å². The molecule has 0 aromatic heterocycles. The second kappa shape index (κ2) is 8.79. The molecule has 2 aromatic carbocycles. The molecule has 2 aromatic rings. The summed E-state index contributed by atoms with van der Waals surface area (Å²) in [6.07, 6.45) is 1.01. The maximum Gasteiger partial charge on any atom is 0.245 e. The molecular formula is C19H22N2O5S. The Morgan fingerprint density at radius 3 is 2.44 bits per heavy atom. The summed E-state index contributed by atoms with van der Waals surface area (Å²) in [4.78, 5) is 24.0. The number of sulfonamides is 1. The number of Topliss-reactive ketones (excluding diaryl/α,β-unsaturated/α-hetero) is 1. The molecule has 0 radical (unpaired) electrons. The summed E-state index contributed by atoms with van der Waals surface area (Å²) in [5.41, 5.74) is 2.05. The number of ketones is 1. The third kappa shape index (κ3) is 5.90. The van der Waals surface area contributed by atoms with Crippen molar-refractivity contribution in [2.24, 2.45) is 0 Å². The molecule has 144 valence electrons. The van der Waals surface area contributed by atoms with Gasteiger partial charge in [0.25, 0.3) is 0 Å². The maximum absolute atomic E-state index is 12.4. The summed E-state index contributed by atoms with van der Waals surface area (Å²) in [5, 5.41) is 2.68. The molecule has 1 N–H and O–H groups in total. The van der Waals surface area contributed by atoms with E-state index in [2.05, 4.69) is 5.32 Å². The highest BCUT2D eigenvalue weighted by Crippen LogP contribution is 2.20. The Morgan fingerprint density at radius 1 is 1.11 bits per heavy atom. The van der Waals surface area contributed by atoms with Crippen LogP contribution in [0.1, 0.15) is 22.8 Å². The number of benzene rings is 2. The summed E-state index contributed by atoms with van der Waals surface area (Å²) in [7, 11) is -2.15. The molecule has 0 spiro atoms. The van der Waals surface area contributed by atoms with Gasteiger partial charge in [-0.15, -0.1) is 0 Å². The van der Waals surface area contributed by atoms with Gasteiger partial charge in [0.05, 0.1) is 18.6 Å². The predicted octanol–water partition coefficient (Wildman–Crippen LogP) is 2.44. The number of anilines is 2. The molecule has 0 saturated heterocycles. The Bertz CT molecular complexity index is 941. The minimum atomic E-state index is -3.72. The van der Waals surface area contributed by atoms with Gasteiger partial charge in [0.2, 0.25) is 15.9 Å². The van der Waals surface area contributed by atoms with E-state index in [9.17, 15) is 18.0 Å². The molecule has 0 fully saturated rings. The molecule has 0 bridgehead atoms. The fourth-order valence-electron chi connectivity index (χ4n) is 2.52. The van der Waals surface area contributed by atoms with Crippen LogP contribution in [0.2, 0.25) is 0 Å². The largest absolute Gasteiger partial charge is 0.380 e. The lowest BCUT2D eigenvalue weighted by Gasteiger charge is -2.22. The second-order valence-corrected chi connectivity index (χ2v) is 7.96. The van der Waals surface area contributed by atoms with E-state index in [0.717, 1.165) is 16.1 Å². The zero-order valence-corrected chi connectivity index (χ0v) is 16.2. The van der Waals surface area contributed by atoms with E-state index >= 15 is 0 Å². The van der Waals surface area contributed by atoms with Gasteiger partial charge in [-0.1, -0.05) is 24.3 Å². The third-order valence-corrected chi connectivity index (χ3v) is 4.89. The van der Waals surface area contributed by atoms with Crippen molar-refractivity contribution in [3.05, 3.63) is 59.7 Å². The molecule has 0 unspecified atom stereocenters. The summed E-state index contributed by atoms with van der Waals surface area (Å²) in [6, 6.07) is 13.3. The molecule has 8 heteroatoms. The predicted molar refractivity (Wildman–Crippen MR) is 104 cm³/mol. The van der Waals surface area contributed by atoms with E-state index in [1.165, 1.54) is 13.0 Å². The Labute approximate surface area is 159 Å². The number of hydrogen-bond acceptors (Lipinski definition) is 5. The Morgan fingerprint density at radius 2 is 1.81 bits per heavy atom. The smallest absolute Gasteiger partial charge is 0.245 e. The van der Waals surface area contributed by atoms with Gasteiger partial charge < -0.3 is 10.1 Å². The van der Waals surface area contributed by atoms with Crippen LogP contribution in [0.3, 0.4) is 0 Å². The second-order valence-electron chi connectivity index (χ2n) is 6.06. The van der Waals surface area contributed by atoms with Crippen LogP contribution in [0, 0.1) is 0 Å². The topological polar surface area (TPSA) is 92.8 Å². The van der Waals surface area contributed by atoms with Crippen molar-refractivity contribution in [1.29, 1.82) is 0 Å². The first-order chi connectivity index (χ1) is 12.7. The van der Waals surface area contributed by atoms with Crippen LogP contribution in [-0.4, -0.2) is 40.0 Å². The summed E-state index contributed by atoms with van der Waals surface area (Å²) in [6.45, 7) is 1.38. The quantitative estimate of drug-likeness (QED) is 0.699. The molecule has 0 saturated carbocycles. The Hall–Kier alpha value is -2.71. The van der Waals surface area contributed by atoms with Gasteiger partial charge in [0.15, 0.2) is 5.78 Å². The van der Waals surface area contributed by atoms with Crippen molar-refractivity contribution < 1.29 is 22.7 Å². The lowest BCUT2D eigenvalue weighted by Crippen LogP contribution is -2.37. The zero-order chi connectivity index (χ0) is 20.0. The Balaban J connectivity index is 2.22. The highest BCUT2D eigenvalue weighted by Gasteiger charge is 2.21. The van der Waals surface area contributed by atoms with Crippen LogP contribution in [0.5, 0.6) is 0 Å². The third-order valence-electron chi connectivity index (χ3n) is 3.75. The van der Waals surface area contributed by atoms with Gasteiger partial charge in [0.1, 0.15) is 6.54 Å². The summed E-state index contributed by atoms with van der Waals surface area (Å²) in [5.74, 6) is -0.687. The van der Waals surface area contributed by atoms with Crippen LogP contribution < -0.4 is 9.62 Å². The molecule has 7 nitrogen and oxygen atoms in total. The first-order valence-electron chi connectivity index (χ1n) is 8.17. The number of nitrogens with one attached hydrogen (secondary N) is 1. The van der Waals surface area contributed by atoms with Crippen LogP contribution in [0.15, 0.2) is 48.5 Å². The Kier molecular flexibility index (Phi) is 6.70. The minimum absolute atomic E-state index is 0.190. The lowest BCUT2D eigenvalue weighted by molar-refractivity contribution is -0.114. The van der Waals surface area contributed by atoms with Crippen molar-refractivity contribution in [3.63, 3.8) is 0 Å². The van der Waals surface area contributed by atoms with E-state index in [4.69, 9.17) is 4.74 Å². The average Bonchev–Trinajstić information content (AvgIpc) is 2.59. The van der Waals surface area contributed by atoms with Gasteiger partial charge in [-0.25, -0.2) is 8.42 Å². The standard InChI is InChI=1S/C19H22N2O5S/c1-14(22)16-7-5-9-18(11-16)21(27(3,24)25)12-19(23)20-17-8-4-6-15(10-17)13-26-2/h4-11H,12-13H2,1-3H3,(H,20,23). The summed E-state index contributed by atoms with van der Waals surface area (Å²) >= 11 is 0. The number of ether oxygens (including phenoxy) is 1. The molecule has 0 atom stereocenters. The SMILES string of the molecule is COCc1cccc(NC(=O)CN(c2cccc(C(C)=O)c2)S(C)(=O)=O)c1. The number of carbonyl (C=O) groups is 2. The fourth-order valence-corrected chi connectivity index (χ4v) is 3.36. The lowest BCUT2D eigenvalue weighted by atomic mass is 10.1. The molecule has 0 heterocycles. The fraction of sp³-hybridized carbons (Fsp3) is 0.263. The first kappa shape index (κ1) is 20.6. The van der Waals surface area contributed by atoms with E-state index in [1.807, 2.05) is 6.07 Å². The van der Waals surface area contributed by atoms with E-state index < -0.39 is 22.5 Å². The zero-order valence-electron chi connectivity index (χ0n) is 15.4. The van der Waals surface area contributed by atoms with Crippen molar-refractivity contribution in [1.82, 2.24) is 0 Å². The number of hydrogen-bond donors (Lipinski definition) is 1. The van der Waals surface area contributed by atoms with Crippen LogP contribution in [0.25, 0.3) is 0 Å². The number of carbonyl (C=O) groups excluding carboxylic acids is 2. The number of methoxy groups -OCH3 is 1. The van der Waals surface area contributed by atoms with Gasteiger partial charge in [-0.05, 0) is 36.8 Å². The molecule has 0 aliphatic rings. The monoisotopic (exact) mass is 390 g/mol. The normalized spacial score (nSPS) is 11.1. The summed E-state index contributed by atoms with van der Waals surface area (Å²) < 4.78 is 30.4. The number of rotatable bonds is 8. The van der Waals surface area contributed by atoms with E-state index in [1.54, 1.807) is 43.5 Å². The number of nitrogens with zero attached hydrogens (tertiary/aromatic N) is 1. The molecule has 0 aliphatic heterocycles. The van der Waals surface area contributed by atoms with Crippen LogP contribution in [-0.2, 0) is 26.2 Å². The molecule has 1 amide bonds. The average molecular weight is 390 g/mol. The first-order valence-corrected chi connectivity index (χ1v) is 10.0. The maximum atomic E-state index is 12.4. The molecule has 2 rings (SSSR count). The van der Waals surface area contributed by atoms with Crippen molar-refractivity contribution in [2.45, 2.75) is 13.5 Å². The molecular weight excluding hydrogens is 368 g/mol. The van der Waals surface area contributed by atoms with Crippen molar-refractivity contribution in [3.8, 4) is 0 Å². The molecule has 27 heavy (non-hydrogen) atoms. The van der Waals surface area contributed by atoms with E-state index in [-0.39, 0.29) is 11.5 Å². The van der Waals surface area contributed by atoms with E-state index in [0.29, 0.717) is 17.9 Å². The van der Waals surface area contributed by atoms with Gasteiger partial charge >= 0.3 is 0 Å². The van der Waals surface area contributed by atoms with Crippen LogP contribution >= 0.6 is 0 Å². The van der Waals surface area contributed by atoms with Crippen LogP contribution in [0.4, 0.5) is 11.4 Å². The minimum Gasteiger partial charge on any atom is -0.380 e. The van der Waals surface area contributed by atoms with Crippen molar-refractivity contribution in [2.75, 3.05) is 29.5 Å².